The molecule has 2 heterocycles. The summed E-state index contributed by atoms with van der Waals surface area (Å²) in [6.45, 7) is 6.37. The van der Waals surface area contributed by atoms with Gasteiger partial charge in [-0.25, -0.2) is 9.36 Å². The standard InChI is InChI=1S/C27H25N3O2/c1-17-8-7-10-20(14-17)16-29-24-21-15-18(2)12-13-23(21)28(4)25(24)26(31)30(27(29)32)22-11-6-5-9-19(22)3/h5-15H,16H2,1-4H3. The molecule has 0 fully saturated rings. The van der Waals surface area contributed by atoms with Crippen LogP contribution in [0.1, 0.15) is 22.3 Å². The molecule has 32 heavy (non-hydrogen) atoms. The summed E-state index contributed by atoms with van der Waals surface area (Å²) in [6.07, 6.45) is 0. The van der Waals surface area contributed by atoms with Crippen molar-refractivity contribution in [1.29, 1.82) is 0 Å². The Bertz CT molecular complexity index is 1630. The lowest BCUT2D eigenvalue weighted by Crippen LogP contribution is -2.39. The molecule has 0 N–H and O–H groups in total. The molecule has 0 atom stereocenters. The van der Waals surface area contributed by atoms with Crippen LogP contribution in [0.3, 0.4) is 0 Å². The smallest absolute Gasteiger partial charge is 0.336 e. The lowest BCUT2D eigenvalue weighted by molar-refractivity contribution is 0.711. The average Bonchev–Trinajstić information content (AvgIpc) is 3.04. The predicted molar refractivity (Wildman–Crippen MR) is 130 cm³/mol. The van der Waals surface area contributed by atoms with Crippen molar-refractivity contribution in [2.24, 2.45) is 7.05 Å². The third-order valence-corrected chi connectivity index (χ3v) is 6.21. The van der Waals surface area contributed by atoms with Gasteiger partial charge in [-0.2, -0.15) is 0 Å². The Balaban J connectivity index is 1.97. The summed E-state index contributed by atoms with van der Waals surface area (Å²) in [7, 11) is 1.89. The van der Waals surface area contributed by atoms with Gasteiger partial charge in [-0.1, -0.05) is 59.7 Å². The molecule has 0 aliphatic heterocycles. The average molecular weight is 424 g/mol. The first-order valence-electron chi connectivity index (χ1n) is 10.7. The van der Waals surface area contributed by atoms with Gasteiger partial charge in [0.25, 0.3) is 5.56 Å². The van der Waals surface area contributed by atoms with E-state index in [0.29, 0.717) is 23.3 Å². The Labute approximate surface area is 185 Å². The number of hydrogen-bond donors (Lipinski definition) is 0. The first-order chi connectivity index (χ1) is 15.4. The molecule has 5 rings (SSSR count). The monoisotopic (exact) mass is 423 g/mol. The molecule has 0 amide bonds. The van der Waals surface area contributed by atoms with Crippen LogP contribution in [0.4, 0.5) is 0 Å². The molecule has 0 unspecified atom stereocenters. The zero-order valence-corrected chi connectivity index (χ0v) is 18.7. The minimum atomic E-state index is -0.327. The van der Waals surface area contributed by atoms with Gasteiger partial charge in [0, 0.05) is 12.4 Å². The van der Waals surface area contributed by atoms with Crippen LogP contribution in [0, 0.1) is 20.8 Å². The summed E-state index contributed by atoms with van der Waals surface area (Å²) < 4.78 is 4.98. The zero-order valence-electron chi connectivity index (χ0n) is 18.7. The summed E-state index contributed by atoms with van der Waals surface area (Å²) in [5.41, 5.74) is 6.26. The highest BCUT2D eigenvalue weighted by Gasteiger charge is 2.22. The van der Waals surface area contributed by atoms with Crippen molar-refractivity contribution in [3.8, 4) is 5.69 Å². The SMILES string of the molecule is Cc1cccc(Cn2c(=O)n(-c3ccccc3C)c(=O)c3c2c2cc(C)ccc2n3C)c1. The van der Waals surface area contributed by atoms with E-state index in [-0.39, 0.29) is 11.2 Å². The molecule has 5 heteroatoms. The number of para-hydroxylation sites is 1. The molecule has 2 aromatic heterocycles. The number of aryl methyl sites for hydroxylation is 4. The van der Waals surface area contributed by atoms with Crippen molar-refractivity contribution in [2.45, 2.75) is 27.3 Å². The fraction of sp³-hybridized carbons (Fsp3) is 0.185. The first kappa shape index (κ1) is 20.1. The van der Waals surface area contributed by atoms with Crippen molar-refractivity contribution in [3.05, 3.63) is 110 Å². The van der Waals surface area contributed by atoms with Crippen LogP contribution in [0.5, 0.6) is 0 Å². The predicted octanol–water partition coefficient (Wildman–Crippen LogP) is 4.62. The number of fused-ring (bicyclic) bond motifs is 3. The Kier molecular flexibility index (Phi) is 4.63. The van der Waals surface area contributed by atoms with Crippen molar-refractivity contribution in [2.75, 3.05) is 0 Å². The molecular weight excluding hydrogens is 398 g/mol. The maximum absolute atomic E-state index is 13.9. The van der Waals surface area contributed by atoms with E-state index >= 15 is 0 Å². The van der Waals surface area contributed by atoms with E-state index in [1.54, 1.807) is 4.57 Å². The van der Waals surface area contributed by atoms with Gasteiger partial charge in [0.15, 0.2) is 0 Å². The number of hydrogen-bond acceptors (Lipinski definition) is 2. The van der Waals surface area contributed by atoms with Crippen molar-refractivity contribution >= 4 is 21.9 Å². The summed E-state index contributed by atoms with van der Waals surface area (Å²) in [5, 5.41) is 0.918. The van der Waals surface area contributed by atoms with Gasteiger partial charge in [-0.05, 0) is 50.1 Å². The molecule has 0 saturated heterocycles. The molecule has 0 aliphatic carbocycles. The Morgan fingerprint density at radius 1 is 0.781 bits per heavy atom. The van der Waals surface area contributed by atoms with E-state index in [2.05, 4.69) is 12.1 Å². The van der Waals surface area contributed by atoms with E-state index in [1.807, 2.05) is 87.0 Å². The van der Waals surface area contributed by atoms with Crippen molar-refractivity contribution in [3.63, 3.8) is 0 Å². The zero-order chi connectivity index (χ0) is 22.6. The second-order valence-electron chi connectivity index (χ2n) is 8.56. The van der Waals surface area contributed by atoms with Gasteiger partial charge in [0.1, 0.15) is 5.52 Å². The van der Waals surface area contributed by atoms with Crippen molar-refractivity contribution in [1.82, 2.24) is 13.7 Å². The molecule has 160 valence electrons. The number of rotatable bonds is 3. The van der Waals surface area contributed by atoms with Gasteiger partial charge < -0.3 is 4.57 Å². The van der Waals surface area contributed by atoms with Gasteiger partial charge in [-0.3, -0.25) is 9.36 Å². The Hall–Kier alpha value is -3.86. The van der Waals surface area contributed by atoms with E-state index in [9.17, 15) is 9.59 Å². The molecular formula is C27H25N3O2. The highest BCUT2D eigenvalue weighted by molar-refractivity contribution is 6.06. The van der Waals surface area contributed by atoms with Crippen LogP contribution in [-0.2, 0) is 13.6 Å². The molecule has 5 aromatic rings. The largest absolute Gasteiger partial charge is 0.338 e. The van der Waals surface area contributed by atoms with Crippen LogP contribution in [0.2, 0.25) is 0 Å². The second kappa shape index (κ2) is 7.38. The minimum Gasteiger partial charge on any atom is -0.338 e. The molecule has 0 bridgehead atoms. The van der Waals surface area contributed by atoms with Gasteiger partial charge in [0.05, 0.1) is 23.3 Å². The quantitative estimate of drug-likeness (QED) is 0.425. The molecule has 0 spiro atoms. The van der Waals surface area contributed by atoms with Crippen LogP contribution >= 0.6 is 0 Å². The highest BCUT2D eigenvalue weighted by atomic mass is 16.2. The number of nitrogens with zero attached hydrogens (tertiary/aromatic N) is 3. The fourth-order valence-electron chi connectivity index (χ4n) is 4.63. The lowest BCUT2D eigenvalue weighted by atomic mass is 10.1. The highest BCUT2D eigenvalue weighted by Crippen LogP contribution is 2.27. The summed E-state index contributed by atoms with van der Waals surface area (Å²) in [4.78, 5) is 27.7. The number of benzene rings is 3. The van der Waals surface area contributed by atoms with Crippen LogP contribution in [0.25, 0.3) is 27.6 Å². The first-order valence-corrected chi connectivity index (χ1v) is 10.7. The summed E-state index contributed by atoms with van der Waals surface area (Å²) >= 11 is 0. The van der Waals surface area contributed by atoms with Crippen LogP contribution in [-0.4, -0.2) is 13.7 Å². The van der Waals surface area contributed by atoms with Crippen LogP contribution < -0.4 is 11.2 Å². The molecule has 0 aliphatic rings. The van der Waals surface area contributed by atoms with Gasteiger partial charge >= 0.3 is 5.69 Å². The molecule has 5 nitrogen and oxygen atoms in total. The van der Waals surface area contributed by atoms with Crippen molar-refractivity contribution < 1.29 is 0 Å². The Morgan fingerprint density at radius 3 is 2.28 bits per heavy atom. The van der Waals surface area contributed by atoms with E-state index in [0.717, 1.165) is 33.2 Å². The normalized spacial score (nSPS) is 11.5. The van der Waals surface area contributed by atoms with E-state index < -0.39 is 0 Å². The van der Waals surface area contributed by atoms with E-state index in [4.69, 9.17) is 0 Å². The minimum absolute atomic E-state index is 0.295. The third kappa shape index (κ3) is 3.01. The molecule has 3 aromatic carbocycles. The van der Waals surface area contributed by atoms with Gasteiger partial charge in [-0.15, -0.1) is 0 Å². The third-order valence-electron chi connectivity index (χ3n) is 6.21. The molecule has 0 radical (unpaired) electrons. The van der Waals surface area contributed by atoms with Crippen LogP contribution in [0.15, 0.2) is 76.3 Å². The fourth-order valence-corrected chi connectivity index (χ4v) is 4.63. The Morgan fingerprint density at radius 2 is 1.53 bits per heavy atom. The van der Waals surface area contributed by atoms with E-state index in [1.165, 1.54) is 4.57 Å². The van der Waals surface area contributed by atoms with Gasteiger partial charge in [0.2, 0.25) is 0 Å². The topological polar surface area (TPSA) is 48.9 Å². The summed E-state index contributed by atoms with van der Waals surface area (Å²) in [5.74, 6) is 0. The maximum Gasteiger partial charge on any atom is 0.336 e. The molecule has 0 saturated carbocycles. The summed E-state index contributed by atoms with van der Waals surface area (Å²) in [6, 6.07) is 21.8. The second-order valence-corrected chi connectivity index (χ2v) is 8.56. The lowest BCUT2D eigenvalue weighted by Gasteiger charge is -2.15. The maximum atomic E-state index is 13.9. The number of aromatic nitrogens is 3.